The van der Waals surface area contributed by atoms with Gasteiger partial charge in [0.2, 0.25) is 5.91 Å². The minimum atomic E-state index is 0.132. The Morgan fingerprint density at radius 1 is 1.50 bits per heavy atom. The van der Waals surface area contributed by atoms with Gasteiger partial charge in [0.05, 0.1) is 0 Å². The first-order valence-electron chi connectivity index (χ1n) is 6.59. The quantitative estimate of drug-likeness (QED) is 0.769. The zero-order chi connectivity index (χ0) is 12.1. The van der Waals surface area contributed by atoms with E-state index in [4.69, 9.17) is 5.73 Å². The molecule has 1 fully saturated rings. The van der Waals surface area contributed by atoms with Crippen molar-refractivity contribution in [2.24, 2.45) is 23.5 Å². The van der Waals surface area contributed by atoms with Crippen molar-refractivity contribution in [1.82, 2.24) is 5.32 Å². The Morgan fingerprint density at radius 2 is 2.19 bits per heavy atom. The van der Waals surface area contributed by atoms with E-state index < -0.39 is 0 Å². The van der Waals surface area contributed by atoms with Crippen LogP contribution >= 0.6 is 0 Å². The number of hydrogen-bond donors (Lipinski definition) is 2. The maximum atomic E-state index is 12.0. The molecule has 3 nitrogen and oxygen atoms in total. The Hall–Kier alpha value is -0.570. The van der Waals surface area contributed by atoms with E-state index in [-0.39, 0.29) is 17.9 Å². The van der Waals surface area contributed by atoms with Crippen molar-refractivity contribution >= 4 is 5.91 Å². The average Bonchev–Trinajstić information content (AvgIpc) is 2.29. The minimum Gasteiger partial charge on any atom is -0.356 e. The average molecular weight is 226 g/mol. The molecule has 1 amide bonds. The molecule has 4 unspecified atom stereocenters. The summed E-state index contributed by atoms with van der Waals surface area (Å²) < 4.78 is 0. The van der Waals surface area contributed by atoms with Gasteiger partial charge in [0.1, 0.15) is 0 Å². The lowest BCUT2D eigenvalue weighted by molar-refractivity contribution is -0.128. The molecule has 4 atom stereocenters. The molecule has 0 bridgehead atoms. The van der Waals surface area contributed by atoms with Crippen molar-refractivity contribution in [2.45, 2.75) is 52.5 Å². The summed E-state index contributed by atoms with van der Waals surface area (Å²) in [5.74, 6) is 1.23. The summed E-state index contributed by atoms with van der Waals surface area (Å²) in [4.78, 5) is 12.0. The third-order valence-electron chi connectivity index (χ3n) is 4.02. The highest BCUT2D eigenvalue weighted by molar-refractivity contribution is 5.79. The Morgan fingerprint density at radius 3 is 2.81 bits per heavy atom. The number of nitrogens with two attached hydrogens (primary N) is 1. The molecule has 3 heteroatoms. The first-order valence-corrected chi connectivity index (χ1v) is 6.59. The number of nitrogens with one attached hydrogen (secondary N) is 1. The van der Waals surface area contributed by atoms with Gasteiger partial charge in [-0.05, 0) is 24.7 Å². The molecule has 0 heterocycles. The van der Waals surface area contributed by atoms with Crippen LogP contribution in [0.25, 0.3) is 0 Å². The molecule has 0 aromatic rings. The first-order chi connectivity index (χ1) is 7.56. The van der Waals surface area contributed by atoms with Crippen LogP contribution in [0, 0.1) is 17.8 Å². The summed E-state index contributed by atoms with van der Waals surface area (Å²) in [6, 6.07) is 0.202. The summed E-state index contributed by atoms with van der Waals surface area (Å²) >= 11 is 0. The minimum absolute atomic E-state index is 0.132. The molecule has 1 saturated carbocycles. The molecule has 0 saturated heterocycles. The Kier molecular flexibility index (Phi) is 5.26. The van der Waals surface area contributed by atoms with Crippen molar-refractivity contribution < 1.29 is 4.79 Å². The molecule has 94 valence electrons. The molecule has 1 aliphatic carbocycles. The fourth-order valence-corrected chi connectivity index (χ4v) is 2.32. The van der Waals surface area contributed by atoms with Gasteiger partial charge in [0.25, 0.3) is 0 Å². The molecule has 0 aromatic carbocycles. The SMILES string of the molecule is CCC(C)CNC(=O)C1CCCC(N)C1C. The summed E-state index contributed by atoms with van der Waals surface area (Å²) in [6.45, 7) is 7.22. The normalized spacial score (nSPS) is 32.1. The van der Waals surface area contributed by atoms with E-state index in [0.29, 0.717) is 11.8 Å². The third-order valence-corrected chi connectivity index (χ3v) is 4.02. The van der Waals surface area contributed by atoms with Gasteiger partial charge in [-0.15, -0.1) is 0 Å². The molecular weight excluding hydrogens is 200 g/mol. The van der Waals surface area contributed by atoms with E-state index in [1.165, 1.54) is 0 Å². The number of hydrogen-bond acceptors (Lipinski definition) is 2. The van der Waals surface area contributed by atoms with Gasteiger partial charge in [-0.1, -0.05) is 33.6 Å². The zero-order valence-corrected chi connectivity index (χ0v) is 10.8. The predicted molar refractivity (Wildman–Crippen MR) is 66.9 cm³/mol. The Labute approximate surface area is 99.2 Å². The van der Waals surface area contributed by atoms with Crippen LogP contribution < -0.4 is 11.1 Å². The van der Waals surface area contributed by atoms with Gasteiger partial charge in [-0.2, -0.15) is 0 Å². The van der Waals surface area contributed by atoms with Gasteiger partial charge in [-0.25, -0.2) is 0 Å². The van der Waals surface area contributed by atoms with Crippen molar-refractivity contribution in [1.29, 1.82) is 0 Å². The second-order valence-electron chi connectivity index (χ2n) is 5.32. The lowest BCUT2D eigenvalue weighted by Gasteiger charge is -2.33. The van der Waals surface area contributed by atoms with Crippen molar-refractivity contribution in [2.75, 3.05) is 6.54 Å². The molecule has 1 aliphatic rings. The summed E-state index contributed by atoms with van der Waals surface area (Å²) in [7, 11) is 0. The molecule has 0 aromatic heterocycles. The van der Waals surface area contributed by atoms with Crippen LogP contribution in [-0.4, -0.2) is 18.5 Å². The van der Waals surface area contributed by atoms with Crippen molar-refractivity contribution in [3.8, 4) is 0 Å². The van der Waals surface area contributed by atoms with Crippen LogP contribution in [0.1, 0.15) is 46.5 Å². The van der Waals surface area contributed by atoms with Crippen LogP contribution in [0.5, 0.6) is 0 Å². The molecule has 16 heavy (non-hydrogen) atoms. The van der Waals surface area contributed by atoms with Gasteiger partial charge >= 0.3 is 0 Å². The highest BCUT2D eigenvalue weighted by Crippen LogP contribution is 2.28. The molecule has 0 aliphatic heterocycles. The van der Waals surface area contributed by atoms with Gasteiger partial charge in [-0.3, -0.25) is 4.79 Å². The van der Waals surface area contributed by atoms with Gasteiger partial charge in [0, 0.05) is 18.5 Å². The van der Waals surface area contributed by atoms with E-state index in [0.717, 1.165) is 32.2 Å². The fraction of sp³-hybridized carbons (Fsp3) is 0.923. The lowest BCUT2D eigenvalue weighted by Crippen LogP contribution is -2.45. The van der Waals surface area contributed by atoms with Crippen molar-refractivity contribution in [3.05, 3.63) is 0 Å². The van der Waals surface area contributed by atoms with Crippen LogP contribution in [0.4, 0.5) is 0 Å². The van der Waals surface area contributed by atoms with Crippen LogP contribution in [0.3, 0.4) is 0 Å². The Bertz CT molecular complexity index is 230. The monoisotopic (exact) mass is 226 g/mol. The maximum absolute atomic E-state index is 12.0. The van der Waals surface area contributed by atoms with Crippen molar-refractivity contribution in [3.63, 3.8) is 0 Å². The fourth-order valence-electron chi connectivity index (χ4n) is 2.32. The van der Waals surface area contributed by atoms with E-state index >= 15 is 0 Å². The molecule has 0 radical (unpaired) electrons. The largest absolute Gasteiger partial charge is 0.356 e. The lowest BCUT2D eigenvalue weighted by atomic mass is 9.77. The Balaban J connectivity index is 2.40. The molecular formula is C13H26N2O. The molecule has 0 spiro atoms. The number of rotatable bonds is 4. The predicted octanol–water partition coefficient (Wildman–Crippen LogP) is 1.91. The summed E-state index contributed by atoms with van der Waals surface area (Å²) in [5, 5.41) is 3.06. The smallest absolute Gasteiger partial charge is 0.223 e. The van der Waals surface area contributed by atoms with E-state index in [1.807, 2.05) is 0 Å². The van der Waals surface area contributed by atoms with Crippen LogP contribution in [0.15, 0.2) is 0 Å². The maximum Gasteiger partial charge on any atom is 0.223 e. The van der Waals surface area contributed by atoms with Gasteiger partial charge < -0.3 is 11.1 Å². The third kappa shape index (κ3) is 3.48. The molecule has 3 N–H and O–H groups in total. The van der Waals surface area contributed by atoms with Crippen LogP contribution in [-0.2, 0) is 4.79 Å². The van der Waals surface area contributed by atoms with E-state index in [1.54, 1.807) is 0 Å². The standard InChI is InChI=1S/C13H26N2O/c1-4-9(2)8-15-13(16)11-6-5-7-12(14)10(11)3/h9-12H,4-8,14H2,1-3H3,(H,15,16). The summed E-state index contributed by atoms with van der Waals surface area (Å²) in [6.07, 6.45) is 4.27. The van der Waals surface area contributed by atoms with E-state index in [2.05, 4.69) is 26.1 Å². The number of carbonyl (C=O) groups is 1. The second kappa shape index (κ2) is 6.24. The zero-order valence-electron chi connectivity index (χ0n) is 10.8. The van der Waals surface area contributed by atoms with E-state index in [9.17, 15) is 4.79 Å². The second-order valence-corrected chi connectivity index (χ2v) is 5.32. The van der Waals surface area contributed by atoms with Crippen LogP contribution in [0.2, 0.25) is 0 Å². The molecule has 1 rings (SSSR count). The van der Waals surface area contributed by atoms with Gasteiger partial charge in [0.15, 0.2) is 0 Å². The first kappa shape index (κ1) is 13.5. The highest BCUT2D eigenvalue weighted by atomic mass is 16.1. The topological polar surface area (TPSA) is 55.1 Å². The summed E-state index contributed by atoms with van der Waals surface area (Å²) in [5.41, 5.74) is 6.01. The number of amides is 1. The number of carbonyl (C=O) groups excluding carboxylic acids is 1. The highest BCUT2D eigenvalue weighted by Gasteiger charge is 2.32.